The van der Waals surface area contributed by atoms with Gasteiger partial charge in [-0.1, -0.05) is 46.3 Å². The third-order valence-electron chi connectivity index (χ3n) is 4.82. The van der Waals surface area contributed by atoms with Crippen molar-refractivity contribution in [3.8, 4) is 5.75 Å². The number of hydrazone groups is 1. The Labute approximate surface area is 208 Å². The van der Waals surface area contributed by atoms with Crippen LogP contribution < -0.4 is 20.4 Å². The standard InChI is InChI=1S/C22H23Br2N7O2/c1-32-19-16(11-17(23)12-18(19)24)14-26-30-21-27-20(25-13-15-5-3-2-4-6-15)28-22(29-21)31-7-9-33-10-8-31/h2-6,11-12,14H,7-10,13H2,1H3,(H2,25,27,28,29,30)/b26-14-. The molecule has 1 aromatic heterocycles. The van der Waals surface area contributed by atoms with Gasteiger partial charge in [-0.25, -0.2) is 5.43 Å². The van der Waals surface area contributed by atoms with Gasteiger partial charge >= 0.3 is 0 Å². The van der Waals surface area contributed by atoms with Crippen molar-refractivity contribution in [1.82, 2.24) is 15.0 Å². The Morgan fingerprint density at radius 1 is 1.09 bits per heavy atom. The second-order valence-electron chi connectivity index (χ2n) is 7.10. The highest BCUT2D eigenvalue weighted by Gasteiger charge is 2.16. The predicted octanol–water partition coefficient (Wildman–Crippen LogP) is 4.30. The highest BCUT2D eigenvalue weighted by Crippen LogP contribution is 2.31. The molecule has 2 aromatic carbocycles. The van der Waals surface area contributed by atoms with Crippen molar-refractivity contribution < 1.29 is 9.47 Å². The number of nitrogens with zero attached hydrogens (tertiary/aromatic N) is 5. The lowest BCUT2D eigenvalue weighted by Crippen LogP contribution is -2.37. The van der Waals surface area contributed by atoms with Gasteiger partial charge in [0.05, 0.1) is 31.0 Å². The van der Waals surface area contributed by atoms with Gasteiger partial charge in [-0.2, -0.15) is 20.1 Å². The molecule has 0 radical (unpaired) electrons. The largest absolute Gasteiger partial charge is 0.495 e. The van der Waals surface area contributed by atoms with E-state index in [2.05, 4.69) is 67.6 Å². The van der Waals surface area contributed by atoms with E-state index in [0.717, 1.165) is 20.1 Å². The molecule has 9 nitrogen and oxygen atoms in total. The molecule has 0 spiro atoms. The number of halogens is 2. The normalized spacial score (nSPS) is 13.8. The first kappa shape index (κ1) is 23.4. The number of rotatable bonds is 8. The lowest BCUT2D eigenvalue weighted by Gasteiger charge is -2.27. The van der Waals surface area contributed by atoms with E-state index >= 15 is 0 Å². The fourth-order valence-corrected chi connectivity index (χ4v) is 4.65. The quantitative estimate of drug-likeness (QED) is 0.303. The average molecular weight is 577 g/mol. The molecule has 1 aliphatic heterocycles. The van der Waals surface area contributed by atoms with Crippen molar-refractivity contribution in [3.05, 3.63) is 62.5 Å². The molecule has 0 saturated carbocycles. The molecule has 3 aromatic rings. The highest BCUT2D eigenvalue weighted by atomic mass is 79.9. The van der Waals surface area contributed by atoms with Crippen LogP contribution in [-0.2, 0) is 11.3 Å². The van der Waals surface area contributed by atoms with Crippen LogP contribution in [0.5, 0.6) is 5.75 Å². The van der Waals surface area contributed by atoms with E-state index in [1.807, 2.05) is 42.5 Å². The third-order valence-corrected chi connectivity index (χ3v) is 5.87. The topological polar surface area (TPSA) is 96.8 Å². The number of ether oxygens (including phenoxy) is 2. The Bertz CT molecular complexity index is 1110. The van der Waals surface area contributed by atoms with Gasteiger partial charge in [0.25, 0.3) is 0 Å². The van der Waals surface area contributed by atoms with E-state index in [4.69, 9.17) is 9.47 Å². The zero-order valence-electron chi connectivity index (χ0n) is 18.0. The Morgan fingerprint density at radius 2 is 1.85 bits per heavy atom. The maximum Gasteiger partial charge on any atom is 0.250 e. The summed E-state index contributed by atoms with van der Waals surface area (Å²) in [6.07, 6.45) is 1.66. The minimum atomic E-state index is 0.339. The van der Waals surface area contributed by atoms with Gasteiger partial charge in [0.15, 0.2) is 0 Å². The number of benzene rings is 2. The fourth-order valence-electron chi connectivity index (χ4n) is 3.23. The first-order valence-electron chi connectivity index (χ1n) is 10.3. The fraction of sp³-hybridized carbons (Fsp3) is 0.273. The smallest absolute Gasteiger partial charge is 0.250 e. The molecule has 1 aliphatic rings. The Hall–Kier alpha value is -2.76. The molecule has 0 bridgehead atoms. The van der Waals surface area contributed by atoms with Gasteiger partial charge in [0.2, 0.25) is 17.8 Å². The van der Waals surface area contributed by atoms with E-state index < -0.39 is 0 Å². The molecule has 1 fully saturated rings. The summed E-state index contributed by atoms with van der Waals surface area (Å²) in [4.78, 5) is 15.7. The molecule has 2 heterocycles. The van der Waals surface area contributed by atoms with Crippen molar-refractivity contribution in [2.24, 2.45) is 5.10 Å². The van der Waals surface area contributed by atoms with Crippen molar-refractivity contribution in [1.29, 1.82) is 0 Å². The monoisotopic (exact) mass is 575 g/mol. The van der Waals surface area contributed by atoms with Crippen LogP contribution in [0.25, 0.3) is 0 Å². The molecule has 4 rings (SSSR count). The van der Waals surface area contributed by atoms with Gasteiger partial charge in [-0.3, -0.25) is 0 Å². The summed E-state index contributed by atoms with van der Waals surface area (Å²) < 4.78 is 12.6. The molecule has 33 heavy (non-hydrogen) atoms. The second kappa shape index (κ2) is 11.4. The first-order valence-corrected chi connectivity index (χ1v) is 11.9. The molecule has 0 unspecified atom stereocenters. The summed E-state index contributed by atoms with van der Waals surface area (Å²) in [6, 6.07) is 13.9. The molecule has 2 N–H and O–H groups in total. The van der Waals surface area contributed by atoms with E-state index in [0.29, 0.717) is 56.4 Å². The summed E-state index contributed by atoms with van der Waals surface area (Å²) in [5.74, 6) is 2.06. The molecule has 0 aliphatic carbocycles. The Balaban J connectivity index is 1.55. The summed E-state index contributed by atoms with van der Waals surface area (Å²) in [7, 11) is 1.62. The van der Waals surface area contributed by atoms with E-state index in [-0.39, 0.29) is 0 Å². The van der Waals surface area contributed by atoms with Gasteiger partial charge in [0.1, 0.15) is 5.75 Å². The number of hydrogen-bond donors (Lipinski definition) is 2. The van der Waals surface area contributed by atoms with Gasteiger partial charge in [0, 0.05) is 29.7 Å². The zero-order chi connectivity index (χ0) is 23.0. The lowest BCUT2D eigenvalue weighted by atomic mass is 10.2. The second-order valence-corrected chi connectivity index (χ2v) is 8.87. The van der Waals surface area contributed by atoms with E-state index in [1.165, 1.54) is 0 Å². The molecule has 11 heteroatoms. The maximum absolute atomic E-state index is 5.47. The maximum atomic E-state index is 5.47. The average Bonchev–Trinajstić information content (AvgIpc) is 2.84. The predicted molar refractivity (Wildman–Crippen MR) is 136 cm³/mol. The lowest BCUT2D eigenvalue weighted by molar-refractivity contribution is 0.122. The van der Waals surface area contributed by atoms with Crippen molar-refractivity contribution in [2.45, 2.75) is 6.54 Å². The van der Waals surface area contributed by atoms with Crippen LogP contribution in [0.3, 0.4) is 0 Å². The number of hydrogen-bond acceptors (Lipinski definition) is 9. The summed E-state index contributed by atoms with van der Waals surface area (Å²) in [6.45, 7) is 3.30. The zero-order valence-corrected chi connectivity index (χ0v) is 21.1. The first-order chi connectivity index (χ1) is 16.1. The van der Waals surface area contributed by atoms with Crippen LogP contribution >= 0.6 is 31.9 Å². The Morgan fingerprint density at radius 3 is 2.61 bits per heavy atom. The summed E-state index contributed by atoms with van der Waals surface area (Å²) in [5, 5.41) is 7.61. The van der Waals surface area contributed by atoms with Crippen molar-refractivity contribution >= 4 is 55.9 Å². The molecule has 0 amide bonds. The Kier molecular flexibility index (Phi) is 8.08. The van der Waals surface area contributed by atoms with Crippen LogP contribution in [0.15, 0.2) is 56.5 Å². The number of morpholine rings is 1. The van der Waals surface area contributed by atoms with Crippen molar-refractivity contribution in [3.63, 3.8) is 0 Å². The number of anilines is 3. The molecule has 0 atom stereocenters. The van der Waals surface area contributed by atoms with Gasteiger partial charge in [-0.05, 0) is 33.6 Å². The number of nitrogens with one attached hydrogen (secondary N) is 2. The minimum absolute atomic E-state index is 0.339. The molecule has 172 valence electrons. The van der Waals surface area contributed by atoms with Gasteiger partial charge < -0.3 is 19.7 Å². The van der Waals surface area contributed by atoms with E-state index in [1.54, 1.807) is 13.3 Å². The molecular formula is C22H23Br2N7O2. The minimum Gasteiger partial charge on any atom is -0.495 e. The highest BCUT2D eigenvalue weighted by molar-refractivity contribution is 9.11. The van der Waals surface area contributed by atoms with Crippen LogP contribution in [0.4, 0.5) is 17.8 Å². The molecule has 1 saturated heterocycles. The number of methoxy groups -OCH3 is 1. The van der Waals surface area contributed by atoms with Crippen LogP contribution in [0.1, 0.15) is 11.1 Å². The van der Waals surface area contributed by atoms with Crippen LogP contribution in [0, 0.1) is 0 Å². The van der Waals surface area contributed by atoms with E-state index in [9.17, 15) is 0 Å². The van der Waals surface area contributed by atoms with Crippen LogP contribution in [-0.4, -0.2) is 54.6 Å². The summed E-state index contributed by atoms with van der Waals surface area (Å²) >= 11 is 6.99. The number of aromatic nitrogens is 3. The molecular weight excluding hydrogens is 554 g/mol. The third kappa shape index (κ3) is 6.40. The SMILES string of the molecule is COc1c(Br)cc(Br)cc1/C=N\Nc1nc(NCc2ccccc2)nc(N2CCOCC2)n1. The van der Waals surface area contributed by atoms with Crippen LogP contribution in [0.2, 0.25) is 0 Å². The summed E-state index contributed by atoms with van der Waals surface area (Å²) in [5.41, 5.74) is 4.84. The van der Waals surface area contributed by atoms with Crippen molar-refractivity contribution in [2.75, 3.05) is 49.1 Å². The van der Waals surface area contributed by atoms with Gasteiger partial charge in [-0.15, -0.1) is 0 Å².